The first kappa shape index (κ1) is 12.1. The fourth-order valence-corrected chi connectivity index (χ4v) is 4.65. The Morgan fingerprint density at radius 1 is 1.14 bits per heavy atom. The van der Waals surface area contributed by atoms with Crippen LogP contribution in [0.4, 0.5) is 0 Å². The summed E-state index contributed by atoms with van der Waals surface area (Å²) in [4.78, 5) is 18.1. The number of aromatic nitrogens is 2. The summed E-state index contributed by atoms with van der Waals surface area (Å²) in [5.41, 5.74) is 2.50. The molecule has 3 aromatic heterocycles. The van der Waals surface area contributed by atoms with E-state index >= 15 is 0 Å². The van der Waals surface area contributed by atoms with Crippen molar-refractivity contribution in [2.24, 2.45) is 0 Å². The first-order valence-corrected chi connectivity index (χ1v) is 8.13. The molecule has 3 nitrogen and oxygen atoms in total. The van der Waals surface area contributed by atoms with Crippen LogP contribution >= 0.6 is 11.3 Å². The predicted octanol–water partition coefficient (Wildman–Crippen LogP) is 3.83. The molecule has 4 aromatic rings. The molecule has 1 aromatic carbocycles. The van der Waals surface area contributed by atoms with Gasteiger partial charge in [0.25, 0.3) is 5.56 Å². The third-order valence-electron chi connectivity index (χ3n) is 4.43. The van der Waals surface area contributed by atoms with Gasteiger partial charge in [-0.25, -0.2) is 0 Å². The Labute approximate surface area is 130 Å². The van der Waals surface area contributed by atoms with E-state index in [1.54, 1.807) is 23.7 Å². The number of nitrogens with zero attached hydrogens (tertiary/aromatic N) is 2. The van der Waals surface area contributed by atoms with Gasteiger partial charge in [-0.2, -0.15) is 0 Å². The molecule has 0 unspecified atom stereocenters. The highest BCUT2D eigenvalue weighted by molar-refractivity contribution is 7.22. The number of fused-ring (bicyclic) bond motifs is 6. The van der Waals surface area contributed by atoms with Crippen molar-refractivity contribution in [3.63, 3.8) is 0 Å². The molecular formula is C18H12N2OS. The molecule has 0 saturated heterocycles. The number of aryl methyl sites for hydroxylation is 1. The van der Waals surface area contributed by atoms with E-state index in [1.807, 2.05) is 10.6 Å². The SMILES string of the molecule is O=c1c2cnccc2cc2n1CCc1c-2sc2ccccc12. The molecule has 0 aliphatic carbocycles. The average molecular weight is 304 g/mol. The Morgan fingerprint density at radius 3 is 3.00 bits per heavy atom. The highest BCUT2D eigenvalue weighted by atomic mass is 32.1. The van der Waals surface area contributed by atoms with Crippen molar-refractivity contribution in [1.29, 1.82) is 0 Å². The lowest BCUT2D eigenvalue weighted by molar-refractivity contribution is 0.670. The summed E-state index contributed by atoms with van der Waals surface area (Å²) >= 11 is 1.78. The minimum absolute atomic E-state index is 0.0729. The van der Waals surface area contributed by atoms with Gasteiger partial charge >= 0.3 is 0 Å². The molecule has 22 heavy (non-hydrogen) atoms. The molecular weight excluding hydrogens is 292 g/mol. The second-order valence-corrected chi connectivity index (χ2v) is 6.66. The topological polar surface area (TPSA) is 34.9 Å². The van der Waals surface area contributed by atoms with Gasteiger partial charge < -0.3 is 4.57 Å². The molecule has 4 heterocycles. The first-order chi connectivity index (χ1) is 10.8. The van der Waals surface area contributed by atoms with Crippen molar-refractivity contribution in [3.8, 4) is 10.6 Å². The van der Waals surface area contributed by atoms with Crippen LogP contribution in [0.3, 0.4) is 0 Å². The van der Waals surface area contributed by atoms with Crippen molar-refractivity contribution in [2.45, 2.75) is 13.0 Å². The molecule has 4 heteroatoms. The maximum atomic E-state index is 12.7. The molecule has 0 fully saturated rings. The van der Waals surface area contributed by atoms with Gasteiger partial charge in [0.2, 0.25) is 0 Å². The summed E-state index contributed by atoms with van der Waals surface area (Å²) in [6.45, 7) is 0.743. The van der Waals surface area contributed by atoms with Crippen molar-refractivity contribution < 1.29 is 0 Å². The van der Waals surface area contributed by atoms with Gasteiger partial charge in [-0.15, -0.1) is 11.3 Å². The highest BCUT2D eigenvalue weighted by Gasteiger charge is 2.22. The molecule has 0 atom stereocenters. The summed E-state index contributed by atoms with van der Waals surface area (Å²) in [5.74, 6) is 0. The standard InChI is InChI=1S/C18H12N2OS/c21-18-14-10-19-7-5-11(14)9-15-17-13(6-8-20(15)18)12-3-1-2-4-16(12)22-17/h1-5,7,9-10H,6,8H2. The molecule has 5 rings (SSSR count). The van der Waals surface area contributed by atoms with Crippen LogP contribution in [0.1, 0.15) is 5.56 Å². The fourth-order valence-electron chi connectivity index (χ4n) is 3.38. The summed E-state index contributed by atoms with van der Waals surface area (Å²) in [6, 6.07) is 12.5. The maximum Gasteiger partial charge on any atom is 0.260 e. The molecule has 106 valence electrons. The summed E-state index contributed by atoms with van der Waals surface area (Å²) in [7, 11) is 0. The fraction of sp³-hybridized carbons (Fsp3) is 0.111. The second-order valence-electron chi connectivity index (χ2n) is 5.61. The van der Waals surface area contributed by atoms with E-state index in [1.165, 1.54) is 20.5 Å². The minimum Gasteiger partial charge on any atom is -0.307 e. The lowest BCUT2D eigenvalue weighted by atomic mass is 10.0. The lowest BCUT2D eigenvalue weighted by Crippen LogP contribution is -2.25. The van der Waals surface area contributed by atoms with E-state index in [2.05, 4.69) is 35.3 Å². The molecule has 0 radical (unpaired) electrons. The van der Waals surface area contributed by atoms with E-state index in [4.69, 9.17) is 0 Å². The summed E-state index contributed by atoms with van der Waals surface area (Å²) < 4.78 is 3.20. The second kappa shape index (κ2) is 4.27. The molecule has 0 N–H and O–H groups in total. The Hall–Kier alpha value is -2.46. The number of pyridine rings is 2. The van der Waals surface area contributed by atoms with E-state index in [9.17, 15) is 4.79 Å². The Bertz CT molecular complexity index is 1110. The van der Waals surface area contributed by atoms with E-state index < -0.39 is 0 Å². The predicted molar refractivity (Wildman–Crippen MR) is 90.5 cm³/mol. The van der Waals surface area contributed by atoms with Crippen LogP contribution in [0.5, 0.6) is 0 Å². The van der Waals surface area contributed by atoms with Gasteiger partial charge in [0.1, 0.15) is 0 Å². The zero-order chi connectivity index (χ0) is 14.7. The lowest BCUT2D eigenvalue weighted by Gasteiger charge is -2.19. The number of hydrogen-bond acceptors (Lipinski definition) is 3. The van der Waals surface area contributed by atoms with Crippen LogP contribution in [0.25, 0.3) is 31.4 Å². The first-order valence-electron chi connectivity index (χ1n) is 7.31. The number of hydrogen-bond donors (Lipinski definition) is 0. The Kier molecular flexibility index (Phi) is 2.35. The van der Waals surface area contributed by atoms with Gasteiger partial charge in [0, 0.05) is 23.6 Å². The summed E-state index contributed by atoms with van der Waals surface area (Å²) in [5, 5.41) is 3.00. The number of benzene rings is 1. The normalized spacial score (nSPS) is 13.3. The summed E-state index contributed by atoms with van der Waals surface area (Å²) in [6.07, 6.45) is 4.33. The van der Waals surface area contributed by atoms with Crippen molar-refractivity contribution in [1.82, 2.24) is 9.55 Å². The van der Waals surface area contributed by atoms with Crippen LogP contribution in [0, 0.1) is 0 Å². The van der Waals surface area contributed by atoms with Gasteiger partial charge in [0.15, 0.2) is 0 Å². The largest absolute Gasteiger partial charge is 0.307 e. The van der Waals surface area contributed by atoms with Crippen LogP contribution in [-0.4, -0.2) is 9.55 Å². The third kappa shape index (κ3) is 1.50. The number of rotatable bonds is 0. The zero-order valence-electron chi connectivity index (χ0n) is 11.7. The Balaban J connectivity index is 1.93. The molecule has 0 bridgehead atoms. The smallest absolute Gasteiger partial charge is 0.260 e. The van der Waals surface area contributed by atoms with Crippen molar-refractivity contribution >= 4 is 32.2 Å². The van der Waals surface area contributed by atoms with E-state index in [-0.39, 0.29) is 5.56 Å². The average Bonchev–Trinajstić information content (AvgIpc) is 2.94. The third-order valence-corrected chi connectivity index (χ3v) is 5.67. The minimum atomic E-state index is 0.0729. The molecule has 0 amide bonds. The van der Waals surface area contributed by atoms with Crippen LogP contribution < -0.4 is 5.56 Å². The van der Waals surface area contributed by atoms with Gasteiger partial charge in [0.05, 0.1) is 16.0 Å². The van der Waals surface area contributed by atoms with Crippen LogP contribution in [-0.2, 0) is 13.0 Å². The van der Waals surface area contributed by atoms with Crippen molar-refractivity contribution in [2.75, 3.05) is 0 Å². The maximum absolute atomic E-state index is 12.7. The molecule has 1 aliphatic heterocycles. The quantitative estimate of drug-likeness (QED) is 0.495. The Morgan fingerprint density at radius 2 is 2.05 bits per heavy atom. The zero-order valence-corrected chi connectivity index (χ0v) is 12.6. The number of thiophene rings is 1. The highest BCUT2D eigenvalue weighted by Crippen LogP contribution is 2.41. The van der Waals surface area contributed by atoms with Gasteiger partial charge in [-0.3, -0.25) is 9.78 Å². The molecule has 0 saturated carbocycles. The molecule has 1 aliphatic rings. The van der Waals surface area contributed by atoms with Crippen molar-refractivity contribution in [3.05, 3.63) is 64.7 Å². The van der Waals surface area contributed by atoms with E-state index in [0.717, 1.165) is 24.0 Å². The van der Waals surface area contributed by atoms with Crippen LogP contribution in [0.2, 0.25) is 0 Å². The van der Waals surface area contributed by atoms with E-state index in [0.29, 0.717) is 5.39 Å². The van der Waals surface area contributed by atoms with Gasteiger partial charge in [-0.1, -0.05) is 18.2 Å². The van der Waals surface area contributed by atoms with Crippen LogP contribution in [0.15, 0.2) is 53.6 Å². The molecule has 0 spiro atoms. The van der Waals surface area contributed by atoms with Gasteiger partial charge in [-0.05, 0) is 41.0 Å². The monoisotopic (exact) mass is 304 g/mol.